The Morgan fingerprint density at radius 1 is 1.06 bits per heavy atom. The molecule has 1 aliphatic rings. The Bertz CT molecular complexity index is 525. The third-order valence-corrected chi connectivity index (χ3v) is 3.00. The third-order valence-electron chi connectivity index (χ3n) is 3.00. The van der Waals surface area contributed by atoms with E-state index < -0.39 is 24.5 Å². The van der Waals surface area contributed by atoms with Crippen molar-refractivity contribution >= 4 is 11.0 Å². The number of nitrogens with zero attached hydrogens (tertiary/aromatic N) is 3. The molecule has 1 saturated heterocycles. The Balaban J connectivity index is 1.94. The van der Waals surface area contributed by atoms with Gasteiger partial charge >= 0.3 is 0 Å². The minimum Gasteiger partial charge on any atom is -0.388 e. The highest BCUT2D eigenvalue weighted by molar-refractivity contribution is 5.72. The molecule has 2 aromatic rings. The van der Waals surface area contributed by atoms with Crippen molar-refractivity contribution in [1.29, 1.82) is 0 Å². The first kappa shape index (κ1) is 11.5. The van der Waals surface area contributed by atoms with Crippen LogP contribution < -0.4 is 0 Å². The topological polar surface area (TPSA) is 101 Å². The van der Waals surface area contributed by atoms with Crippen LogP contribution in [0.4, 0.5) is 0 Å². The van der Waals surface area contributed by atoms with Crippen molar-refractivity contribution in [3.63, 3.8) is 0 Å². The lowest BCUT2D eigenvalue weighted by atomic mass is 10.0. The van der Waals surface area contributed by atoms with Crippen LogP contribution in [-0.2, 0) is 4.74 Å². The molecule has 1 aliphatic heterocycles. The Kier molecular flexibility index (Phi) is 2.75. The van der Waals surface area contributed by atoms with Crippen molar-refractivity contribution in [2.75, 3.05) is 6.61 Å². The molecule has 0 bridgehead atoms. The monoisotopic (exact) mass is 251 g/mol. The molecule has 0 aliphatic carbocycles. The van der Waals surface area contributed by atoms with Gasteiger partial charge in [-0.05, 0) is 12.1 Å². The molecule has 7 nitrogen and oxygen atoms in total. The quantitative estimate of drug-likeness (QED) is 0.603. The number of hydrogen-bond acceptors (Lipinski definition) is 6. The van der Waals surface area contributed by atoms with E-state index in [1.807, 2.05) is 12.1 Å². The first-order chi connectivity index (χ1) is 8.66. The summed E-state index contributed by atoms with van der Waals surface area (Å²) in [5.74, 6) is 0. The first-order valence-corrected chi connectivity index (χ1v) is 5.64. The molecule has 1 aromatic carbocycles. The Hall–Kier alpha value is -1.54. The van der Waals surface area contributed by atoms with E-state index in [-0.39, 0.29) is 6.61 Å². The number of aliphatic hydroxyl groups is 3. The predicted octanol–water partition coefficient (Wildman–Crippen LogP) is -0.957. The second kappa shape index (κ2) is 4.29. The third kappa shape index (κ3) is 1.77. The molecule has 2 heterocycles. The van der Waals surface area contributed by atoms with Crippen LogP contribution in [0.5, 0.6) is 0 Å². The number of rotatable bonds is 1. The maximum absolute atomic E-state index is 9.85. The molecule has 3 rings (SSSR count). The molecule has 4 unspecified atom stereocenters. The van der Waals surface area contributed by atoms with Gasteiger partial charge < -0.3 is 20.1 Å². The molecule has 0 spiro atoms. The van der Waals surface area contributed by atoms with Crippen molar-refractivity contribution in [1.82, 2.24) is 15.0 Å². The van der Waals surface area contributed by atoms with E-state index in [9.17, 15) is 15.3 Å². The minimum absolute atomic E-state index is 0.0687. The summed E-state index contributed by atoms with van der Waals surface area (Å²) in [6, 6.07) is 7.24. The second-order valence-electron chi connectivity index (χ2n) is 4.28. The van der Waals surface area contributed by atoms with Gasteiger partial charge in [-0.1, -0.05) is 12.1 Å². The molecule has 3 N–H and O–H groups in total. The summed E-state index contributed by atoms with van der Waals surface area (Å²) in [7, 11) is 0. The van der Waals surface area contributed by atoms with Crippen molar-refractivity contribution in [3.8, 4) is 0 Å². The first-order valence-electron chi connectivity index (χ1n) is 5.64. The Morgan fingerprint density at radius 3 is 2.28 bits per heavy atom. The summed E-state index contributed by atoms with van der Waals surface area (Å²) < 4.78 is 5.27. The smallest absolute Gasteiger partial charge is 0.197 e. The molecule has 7 heteroatoms. The molecule has 96 valence electrons. The van der Waals surface area contributed by atoms with Crippen molar-refractivity contribution in [3.05, 3.63) is 24.3 Å². The van der Waals surface area contributed by atoms with E-state index in [1.165, 1.54) is 4.80 Å². The van der Waals surface area contributed by atoms with Crippen molar-refractivity contribution < 1.29 is 20.1 Å². The van der Waals surface area contributed by atoms with E-state index in [0.717, 1.165) is 0 Å². The average Bonchev–Trinajstić information content (AvgIpc) is 2.79. The summed E-state index contributed by atoms with van der Waals surface area (Å²) in [6.07, 6.45) is -4.52. The lowest BCUT2D eigenvalue weighted by Gasteiger charge is -2.34. The lowest BCUT2D eigenvalue weighted by molar-refractivity contribution is -0.217. The molecular formula is C11H13N3O4. The zero-order chi connectivity index (χ0) is 12.7. The number of hydrogen-bond donors (Lipinski definition) is 3. The molecule has 18 heavy (non-hydrogen) atoms. The van der Waals surface area contributed by atoms with Crippen molar-refractivity contribution in [2.45, 2.75) is 24.5 Å². The second-order valence-corrected chi connectivity index (χ2v) is 4.28. The van der Waals surface area contributed by atoms with Crippen LogP contribution in [0.25, 0.3) is 11.0 Å². The zero-order valence-corrected chi connectivity index (χ0v) is 9.42. The fraction of sp³-hybridized carbons (Fsp3) is 0.455. The van der Waals surface area contributed by atoms with Crippen LogP contribution in [0.1, 0.15) is 6.23 Å². The molecule has 1 aromatic heterocycles. The summed E-state index contributed by atoms with van der Waals surface area (Å²) >= 11 is 0. The molecule has 0 radical (unpaired) electrons. The highest BCUT2D eigenvalue weighted by Crippen LogP contribution is 2.23. The van der Waals surface area contributed by atoms with Crippen LogP contribution in [0, 0.1) is 0 Å². The predicted molar refractivity (Wildman–Crippen MR) is 60.5 cm³/mol. The summed E-state index contributed by atoms with van der Waals surface area (Å²) in [5.41, 5.74) is 1.35. The van der Waals surface area contributed by atoms with Gasteiger partial charge in [-0.25, -0.2) is 0 Å². The van der Waals surface area contributed by atoms with Gasteiger partial charge in [0.2, 0.25) is 0 Å². The van der Waals surface area contributed by atoms with Gasteiger partial charge in [0.25, 0.3) is 0 Å². The minimum atomic E-state index is -1.27. The SMILES string of the molecule is OC1COC(n2nc3ccccc3n2)C(O)C1O. The van der Waals surface area contributed by atoms with Crippen LogP contribution >= 0.6 is 0 Å². The maximum atomic E-state index is 9.85. The van der Waals surface area contributed by atoms with Gasteiger partial charge in [0.05, 0.1) is 6.61 Å². The van der Waals surface area contributed by atoms with Gasteiger partial charge in [0, 0.05) is 0 Å². The lowest BCUT2D eigenvalue weighted by Crippen LogP contribution is -2.51. The zero-order valence-electron chi connectivity index (χ0n) is 9.42. The van der Waals surface area contributed by atoms with E-state index in [4.69, 9.17) is 4.74 Å². The highest BCUT2D eigenvalue weighted by Gasteiger charge is 2.39. The number of ether oxygens (including phenoxy) is 1. The van der Waals surface area contributed by atoms with E-state index in [0.29, 0.717) is 11.0 Å². The maximum Gasteiger partial charge on any atom is 0.197 e. The average molecular weight is 251 g/mol. The fourth-order valence-corrected chi connectivity index (χ4v) is 1.98. The van der Waals surface area contributed by atoms with E-state index in [2.05, 4.69) is 10.2 Å². The number of aromatic nitrogens is 3. The van der Waals surface area contributed by atoms with Crippen LogP contribution in [-0.4, -0.2) is 55.2 Å². The van der Waals surface area contributed by atoms with Gasteiger partial charge in [-0.2, -0.15) is 15.0 Å². The molecular weight excluding hydrogens is 238 g/mol. The van der Waals surface area contributed by atoms with Crippen LogP contribution in [0.15, 0.2) is 24.3 Å². The molecule has 0 amide bonds. The standard InChI is InChI=1S/C11H13N3O4/c15-8-5-18-11(10(17)9(8)16)14-12-6-3-1-2-4-7(6)13-14/h1-4,8-11,15-17H,5H2. The fourth-order valence-electron chi connectivity index (χ4n) is 1.98. The highest BCUT2D eigenvalue weighted by atomic mass is 16.5. The normalized spacial score (nSPS) is 32.8. The van der Waals surface area contributed by atoms with E-state index in [1.54, 1.807) is 12.1 Å². The van der Waals surface area contributed by atoms with Gasteiger partial charge in [-0.15, -0.1) is 0 Å². The number of fused-ring (bicyclic) bond motifs is 1. The Labute approximate surface area is 102 Å². The van der Waals surface area contributed by atoms with Crippen LogP contribution in [0.3, 0.4) is 0 Å². The summed E-state index contributed by atoms with van der Waals surface area (Å²) in [5, 5.41) is 37.2. The number of aliphatic hydroxyl groups excluding tert-OH is 3. The van der Waals surface area contributed by atoms with Gasteiger partial charge in [0.15, 0.2) is 6.23 Å². The van der Waals surface area contributed by atoms with Gasteiger partial charge in [0.1, 0.15) is 29.3 Å². The molecule has 1 fully saturated rings. The van der Waals surface area contributed by atoms with Crippen LogP contribution in [0.2, 0.25) is 0 Å². The number of benzene rings is 1. The summed E-state index contributed by atoms with van der Waals surface area (Å²) in [6.45, 7) is -0.0687. The molecule has 0 saturated carbocycles. The largest absolute Gasteiger partial charge is 0.388 e. The summed E-state index contributed by atoms with van der Waals surface area (Å²) in [4.78, 5) is 1.23. The Morgan fingerprint density at radius 2 is 1.67 bits per heavy atom. The molecule has 4 atom stereocenters. The van der Waals surface area contributed by atoms with Gasteiger partial charge in [-0.3, -0.25) is 0 Å². The van der Waals surface area contributed by atoms with Crippen molar-refractivity contribution in [2.24, 2.45) is 0 Å². The van der Waals surface area contributed by atoms with E-state index >= 15 is 0 Å².